The predicted octanol–water partition coefficient (Wildman–Crippen LogP) is 3.89. The minimum atomic E-state index is 0. The molecule has 0 amide bonds. The standard InChI is InChI=1S/C17H14N4OS.BrH/c1-22-14-9-5-8-13(10-14)16-18-19-17-21(16)20-15(11-23-17)12-6-3-2-4-7-12;/h2-10H,11H2,1H3;1H. The van der Waals surface area contributed by atoms with Crippen molar-refractivity contribution in [3.05, 3.63) is 60.2 Å². The summed E-state index contributed by atoms with van der Waals surface area (Å²) in [5.41, 5.74) is 3.07. The van der Waals surface area contributed by atoms with Gasteiger partial charge in [0.2, 0.25) is 5.16 Å². The number of hydrogen-bond donors (Lipinski definition) is 0. The second kappa shape index (κ2) is 7.19. The molecule has 0 bridgehead atoms. The highest BCUT2D eigenvalue weighted by atomic mass is 79.9. The van der Waals surface area contributed by atoms with Gasteiger partial charge in [-0.05, 0) is 17.7 Å². The lowest BCUT2D eigenvalue weighted by Gasteiger charge is -2.14. The number of halogens is 1. The maximum absolute atomic E-state index is 5.29. The molecule has 0 spiro atoms. The van der Waals surface area contributed by atoms with Crippen molar-refractivity contribution in [2.45, 2.75) is 5.16 Å². The van der Waals surface area contributed by atoms with Crippen LogP contribution in [0, 0.1) is 0 Å². The number of nitrogens with zero attached hydrogens (tertiary/aromatic N) is 4. The van der Waals surface area contributed by atoms with E-state index in [9.17, 15) is 0 Å². The second-order valence-corrected chi connectivity index (χ2v) is 5.99. The summed E-state index contributed by atoms with van der Waals surface area (Å²) >= 11 is 1.64. The van der Waals surface area contributed by atoms with Crippen LogP contribution in [0.4, 0.5) is 0 Å². The van der Waals surface area contributed by atoms with E-state index in [1.54, 1.807) is 18.9 Å². The summed E-state index contributed by atoms with van der Waals surface area (Å²) in [7, 11) is 1.65. The third kappa shape index (κ3) is 3.09. The molecule has 4 rings (SSSR count). The number of aromatic nitrogens is 3. The summed E-state index contributed by atoms with van der Waals surface area (Å²) in [5, 5.41) is 14.1. The number of thioether (sulfide) groups is 1. The van der Waals surface area contributed by atoms with Crippen molar-refractivity contribution < 1.29 is 4.74 Å². The number of rotatable bonds is 3. The van der Waals surface area contributed by atoms with Crippen LogP contribution in [0.3, 0.4) is 0 Å². The Morgan fingerprint density at radius 1 is 1.00 bits per heavy atom. The van der Waals surface area contributed by atoms with Crippen LogP contribution in [0.15, 0.2) is 64.9 Å². The van der Waals surface area contributed by atoms with Gasteiger partial charge in [-0.3, -0.25) is 0 Å². The van der Waals surface area contributed by atoms with E-state index in [1.807, 2.05) is 47.1 Å². The number of hydrogen-bond acceptors (Lipinski definition) is 5. The first-order valence-electron chi connectivity index (χ1n) is 7.21. The molecule has 2 aromatic carbocycles. The molecule has 1 aliphatic rings. The molecule has 0 fully saturated rings. The van der Waals surface area contributed by atoms with E-state index in [0.717, 1.165) is 39.3 Å². The minimum absolute atomic E-state index is 0. The molecule has 24 heavy (non-hydrogen) atoms. The molecule has 0 N–H and O–H groups in total. The zero-order valence-electron chi connectivity index (χ0n) is 12.9. The molecular formula is C17H15BrN4OS. The molecule has 0 aliphatic carbocycles. The van der Waals surface area contributed by atoms with Gasteiger partial charge in [-0.2, -0.15) is 9.78 Å². The van der Waals surface area contributed by atoms with Crippen LogP contribution in [0.25, 0.3) is 11.4 Å². The van der Waals surface area contributed by atoms with Gasteiger partial charge in [0.15, 0.2) is 5.82 Å². The second-order valence-electron chi connectivity index (χ2n) is 5.05. The Morgan fingerprint density at radius 2 is 1.79 bits per heavy atom. The van der Waals surface area contributed by atoms with Gasteiger partial charge in [-0.1, -0.05) is 54.2 Å². The molecule has 7 heteroatoms. The predicted molar refractivity (Wildman–Crippen MR) is 101 cm³/mol. The quantitative estimate of drug-likeness (QED) is 0.666. The highest BCUT2D eigenvalue weighted by molar-refractivity contribution is 8.93. The average Bonchev–Trinajstić information content (AvgIpc) is 3.05. The van der Waals surface area contributed by atoms with E-state index < -0.39 is 0 Å². The minimum Gasteiger partial charge on any atom is -0.497 e. The van der Waals surface area contributed by atoms with Crippen LogP contribution in [0.5, 0.6) is 5.75 Å². The van der Waals surface area contributed by atoms with Gasteiger partial charge in [-0.25, -0.2) is 0 Å². The number of methoxy groups -OCH3 is 1. The summed E-state index contributed by atoms with van der Waals surface area (Å²) in [6, 6.07) is 18.0. The van der Waals surface area contributed by atoms with Gasteiger partial charge in [-0.15, -0.1) is 27.2 Å². The Morgan fingerprint density at radius 3 is 2.58 bits per heavy atom. The molecular weight excluding hydrogens is 388 g/mol. The van der Waals surface area contributed by atoms with Gasteiger partial charge in [0, 0.05) is 11.3 Å². The zero-order chi connectivity index (χ0) is 15.6. The van der Waals surface area contributed by atoms with E-state index >= 15 is 0 Å². The van der Waals surface area contributed by atoms with Crippen LogP contribution < -0.4 is 4.74 Å². The summed E-state index contributed by atoms with van der Waals surface area (Å²) in [4.78, 5) is 0. The van der Waals surface area contributed by atoms with Crippen molar-refractivity contribution in [3.63, 3.8) is 0 Å². The summed E-state index contributed by atoms with van der Waals surface area (Å²) in [6.07, 6.45) is 0. The van der Waals surface area contributed by atoms with Gasteiger partial charge >= 0.3 is 0 Å². The average molecular weight is 403 g/mol. The van der Waals surface area contributed by atoms with E-state index in [-0.39, 0.29) is 17.0 Å². The molecule has 0 unspecified atom stereocenters. The van der Waals surface area contributed by atoms with Gasteiger partial charge in [0.1, 0.15) is 5.75 Å². The maximum atomic E-state index is 5.29. The Balaban J connectivity index is 0.00000169. The Bertz CT molecular complexity index is 879. The van der Waals surface area contributed by atoms with Crippen LogP contribution >= 0.6 is 28.7 Å². The third-order valence-corrected chi connectivity index (χ3v) is 4.54. The lowest BCUT2D eigenvalue weighted by molar-refractivity contribution is 0.415. The molecule has 5 nitrogen and oxygen atoms in total. The van der Waals surface area contributed by atoms with Gasteiger partial charge in [0.05, 0.1) is 12.8 Å². The van der Waals surface area contributed by atoms with Crippen LogP contribution in [-0.2, 0) is 0 Å². The van der Waals surface area contributed by atoms with Crippen LogP contribution in [0.2, 0.25) is 0 Å². The van der Waals surface area contributed by atoms with E-state index in [0.29, 0.717) is 0 Å². The number of ether oxygens (including phenoxy) is 1. The first-order valence-corrected chi connectivity index (χ1v) is 8.19. The largest absolute Gasteiger partial charge is 0.497 e. The summed E-state index contributed by atoms with van der Waals surface area (Å²) in [5.74, 6) is 2.30. The number of benzene rings is 2. The lowest BCUT2D eigenvalue weighted by Crippen LogP contribution is -2.13. The zero-order valence-corrected chi connectivity index (χ0v) is 15.4. The molecule has 0 radical (unpaired) electrons. The van der Waals surface area contributed by atoms with Crippen molar-refractivity contribution in [1.82, 2.24) is 14.9 Å². The first kappa shape index (κ1) is 16.7. The molecule has 1 aliphatic heterocycles. The lowest BCUT2D eigenvalue weighted by atomic mass is 10.1. The third-order valence-electron chi connectivity index (χ3n) is 3.61. The van der Waals surface area contributed by atoms with Gasteiger partial charge in [0.25, 0.3) is 0 Å². The van der Waals surface area contributed by atoms with Crippen molar-refractivity contribution in [2.75, 3.05) is 12.9 Å². The topological polar surface area (TPSA) is 52.3 Å². The molecule has 1 aromatic heterocycles. The van der Waals surface area contributed by atoms with Crippen molar-refractivity contribution in [2.24, 2.45) is 5.10 Å². The molecule has 0 saturated carbocycles. The van der Waals surface area contributed by atoms with E-state index in [4.69, 9.17) is 9.84 Å². The Hall–Kier alpha value is -2.12. The fourth-order valence-electron chi connectivity index (χ4n) is 2.44. The monoisotopic (exact) mass is 402 g/mol. The van der Waals surface area contributed by atoms with Crippen molar-refractivity contribution in [1.29, 1.82) is 0 Å². The van der Waals surface area contributed by atoms with Crippen LogP contribution in [-0.4, -0.2) is 33.4 Å². The Labute approximate surface area is 154 Å². The fraction of sp³-hybridized carbons (Fsp3) is 0.118. The van der Waals surface area contributed by atoms with Gasteiger partial charge < -0.3 is 4.74 Å². The highest BCUT2D eigenvalue weighted by Crippen LogP contribution is 2.29. The Kier molecular flexibility index (Phi) is 5.01. The van der Waals surface area contributed by atoms with E-state index in [1.165, 1.54) is 0 Å². The number of fused-ring (bicyclic) bond motifs is 1. The van der Waals surface area contributed by atoms with E-state index in [2.05, 4.69) is 22.3 Å². The summed E-state index contributed by atoms with van der Waals surface area (Å²) < 4.78 is 7.10. The smallest absolute Gasteiger partial charge is 0.212 e. The first-order chi connectivity index (χ1) is 11.3. The van der Waals surface area contributed by atoms with Crippen molar-refractivity contribution >= 4 is 34.5 Å². The maximum Gasteiger partial charge on any atom is 0.212 e. The van der Waals surface area contributed by atoms with Crippen LogP contribution in [0.1, 0.15) is 5.56 Å². The molecule has 3 aromatic rings. The molecule has 0 saturated heterocycles. The molecule has 2 heterocycles. The highest BCUT2D eigenvalue weighted by Gasteiger charge is 2.20. The fourth-order valence-corrected chi connectivity index (χ4v) is 3.28. The molecule has 122 valence electrons. The normalized spacial score (nSPS) is 12.8. The SMILES string of the molecule is Br.COc1cccc(-c2nnc3n2N=C(c2ccccc2)CS3)c1. The molecule has 0 atom stereocenters. The summed E-state index contributed by atoms with van der Waals surface area (Å²) in [6.45, 7) is 0. The van der Waals surface area contributed by atoms with Crippen molar-refractivity contribution in [3.8, 4) is 17.1 Å².